The van der Waals surface area contributed by atoms with Crippen LogP contribution in [0.3, 0.4) is 0 Å². The lowest BCUT2D eigenvalue weighted by Crippen LogP contribution is -2.32. The minimum atomic E-state index is -0.161. The number of urea groups is 1. The number of hydrogen-bond donors (Lipinski definition) is 2. The van der Waals surface area contributed by atoms with Crippen molar-refractivity contribution in [1.29, 1.82) is 0 Å². The molecule has 1 atom stereocenters. The molecule has 0 aliphatic heterocycles. The van der Waals surface area contributed by atoms with E-state index in [0.717, 1.165) is 29.7 Å². The smallest absolute Gasteiger partial charge is 0.319 e. The summed E-state index contributed by atoms with van der Waals surface area (Å²) in [4.78, 5) is 12.2. The van der Waals surface area contributed by atoms with E-state index in [1.807, 2.05) is 54.6 Å². The molecule has 2 rings (SSSR count). The quantitative estimate of drug-likeness (QED) is 0.831. The summed E-state index contributed by atoms with van der Waals surface area (Å²) in [5.41, 5.74) is 3.14. The molecule has 0 aromatic heterocycles. The van der Waals surface area contributed by atoms with Crippen molar-refractivity contribution in [3.05, 3.63) is 65.7 Å². The molecule has 110 valence electrons. The average molecular weight is 282 g/mol. The fourth-order valence-electron chi connectivity index (χ4n) is 2.37. The molecule has 0 fully saturated rings. The van der Waals surface area contributed by atoms with Crippen LogP contribution in [0.15, 0.2) is 54.6 Å². The zero-order valence-electron chi connectivity index (χ0n) is 12.6. The lowest BCUT2D eigenvalue weighted by molar-refractivity contribution is 0.248. The number of hydrogen-bond acceptors (Lipinski definition) is 1. The number of anilines is 1. The standard InChI is InChI=1S/C18H22N2O/c1-3-14-10-8-9-13-17(14)20-18(21)19-16(4-2)15-11-6-5-7-12-15/h5-13,16H,3-4H2,1-2H3,(H2,19,20,21). The van der Waals surface area contributed by atoms with E-state index in [4.69, 9.17) is 0 Å². The largest absolute Gasteiger partial charge is 0.331 e. The van der Waals surface area contributed by atoms with E-state index < -0.39 is 0 Å². The molecule has 1 unspecified atom stereocenters. The highest BCUT2D eigenvalue weighted by molar-refractivity contribution is 5.90. The maximum Gasteiger partial charge on any atom is 0.319 e. The van der Waals surface area contributed by atoms with Gasteiger partial charge in [-0.3, -0.25) is 0 Å². The summed E-state index contributed by atoms with van der Waals surface area (Å²) < 4.78 is 0. The predicted octanol–water partition coefficient (Wildman–Crippen LogP) is 4.52. The number of benzene rings is 2. The molecule has 2 aromatic carbocycles. The van der Waals surface area contributed by atoms with Gasteiger partial charge in [0.2, 0.25) is 0 Å². The van der Waals surface area contributed by atoms with Crippen LogP contribution in [0.1, 0.15) is 37.4 Å². The Balaban J connectivity index is 2.03. The number of carbonyl (C=O) groups is 1. The molecule has 2 amide bonds. The Hall–Kier alpha value is -2.29. The summed E-state index contributed by atoms with van der Waals surface area (Å²) in [5, 5.41) is 5.98. The second-order valence-electron chi connectivity index (χ2n) is 4.98. The molecule has 0 saturated carbocycles. The van der Waals surface area contributed by atoms with E-state index in [1.54, 1.807) is 0 Å². The topological polar surface area (TPSA) is 41.1 Å². The van der Waals surface area contributed by atoms with Crippen molar-refractivity contribution < 1.29 is 4.79 Å². The Labute approximate surface area is 126 Å². The van der Waals surface area contributed by atoms with Gasteiger partial charge in [-0.15, -0.1) is 0 Å². The SMILES string of the molecule is CCc1ccccc1NC(=O)NC(CC)c1ccccc1. The molecular formula is C18H22N2O. The average Bonchev–Trinajstić information content (AvgIpc) is 2.54. The fraction of sp³-hybridized carbons (Fsp3) is 0.278. The van der Waals surface area contributed by atoms with E-state index in [9.17, 15) is 4.79 Å². The maximum atomic E-state index is 12.2. The number of rotatable bonds is 5. The highest BCUT2D eigenvalue weighted by atomic mass is 16.2. The van der Waals surface area contributed by atoms with Gasteiger partial charge in [-0.1, -0.05) is 62.4 Å². The van der Waals surface area contributed by atoms with Gasteiger partial charge in [0.1, 0.15) is 0 Å². The second kappa shape index (κ2) is 7.48. The van der Waals surface area contributed by atoms with Gasteiger partial charge in [0.05, 0.1) is 6.04 Å². The van der Waals surface area contributed by atoms with E-state index in [-0.39, 0.29) is 12.1 Å². The van der Waals surface area contributed by atoms with Crippen molar-refractivity contribution in [1.82, 2.24) is 5.32 Å². The monoisotopic (exact) mass is 282 g/mol. The minimum absolute atomic E-state index is 0.0278. The van der Waals surface area contributed by atoms with Crippen molar-refractivity contribution >= 4 is 11.7 Å². The van der Waals surface area contributed by atoms with Gasteiger partial charge in [-0.25, -0.2) is 4.79 Å². The molecule has 0 aliphatic carbocycles. The molecule has 3 nitrogen and oxygen atoms in total. The Morgan fingerprint density at radius 1 is 1.00 bits per heavy atom. The van der Waals surface area contributed by atoms with Gasteiger partial charge >= 0.3 is 6.03 Å². The maximum absolute atomic E-state index is 12.2. The summed E-state index contributed by atoms with van der Waals surface area (Å²) in [6.07, 6.45) is 1.75. The molecule has 3 heteroatoms. The number of amides is 2. The van der Waals surface area contributed by atoms with E-state index in [0.29, 0.717) is 0 Å². The van der Waals surface area contributed by atoms with Crippen LogP contribution in [0.5, 0.6) is 0 Å². The van der Waals surface area contributed by atoms with Gasteiger partial charge in [-0.2, -0.15) is 0 Å². The third-order valence-corrected chi connectivity index (χ3v) is 3.56. The summed E-state index contributed by atoms with van der Waals surface area (Å²) in [5.74, 6) is 0. The Morgan fingerprint density at radius 2 is 1.67 bits per heavy atom. The molecule has 21 heavy (non-hydrogen) atoms. The van der Waals surface area contributed by atoms with Crippen LogP contribution in [0.4, 0.5) is 10.5 Å². The summed E-state index contributed by atoms with van der Waals surface area (Å²) >= 11 is 0. The van der Waals surface area contributed by atoms with Gasteiger partial charge in [0.25, 0.3) is 0 Å². The van der Waals surface area contributed by atoms with Crippen LogP contribution in [0.25, 0.3) is 0 Å². The molecule has 0 saturated heterocycles. The first-order valence-corrected chi connectivity index (χ1v) is 7.45. The normalized spacial score (nSPS) is 11.7. The molecule has 0 bridgehead atoms. The van der Waals surface area contributed by atoms with Crippen molar-refractivity contribution in [2.75, 3.05) is 5.32 Å². The van der Waals surface area contributed by atoms with Crippen LogP contribution >= 0.6 is 0 Å². The Kier molecular flexibility index (Phi) is 5.38. The summed E-state index contributed by atoms with van der Waals surface area (Å²) in [6.45, 7) is 4.15. The van der Waals surface area contributed by atoms with Crippen molar-refractivity contribution in [2.45, 2.75) is 32.7 Å². The summed E-state index contributed by atoms with van der Waals surface area (Å²) in [6, 6.07) is 17.8. The van der Waals surface area contributed by atoms with Crippen molar-refractivity contribution in [3.8, 4) is 0 Å². The molecule has 2 aromatic rings. The molecule has 0 spiro atoms. The third kappa shape index (κ3) is 4.09. The van der Waals surface area contributed by atoms with E-state index in [1.165, 1.54) is 0 Å². The van der Waals surface area contributed by atoms with Gasteiger partial charge in [0.15, 0.2) is 0 Å². The van der Waals surface area contributed by atoms with E-state index >= 15 is 0 Å². The van der Waals surface area contributed by atoms with Gasteiger partial charge in [-0.05, 0) is 30.0 Å². The highest BCUT2D eigenvalue weighted by Gasteiger charge is 2.13. The lowest BCUT2D eigenvalue weighted by atomic mass is 10.1. The first-order chi connectivity index (χ1) is 10.2. The number of carbonyl (C=O) groups excluding carboxylic acids is 1. The van der Waals surface area contributed by atoms with Crippen molar-refractivity contribution in [3.63, 3.8) is 0 Å². The van der Waals surface area contributed by atoms with Crippen LogP contribution in [0.2, 0.25) is 0 Å². The molecule has 0 heterocycles. The highest BCUT2D eigenvalue weighted by Crippen LogP contribution is 2.18. The number of aryl methyl sites for hydroxylation is 1. The zero-order valence-corrected chi connectivity index (χ0v) is 12.6. The zero-order chi connectivity index (χ0) is 15.1. The van der Waals surface area contributed by atoms with Gasteiger partial charge in [0, 0.05) is 5.69 Å². The Morgan fingerprint density at radius 3 is 2.33 bits per heavy atom. The number of nitrogens with one attached hydrogen (secondary N) is 2. The molecule has 0 radical (unpaired) electrons. The minimum Gasteiger partial charge on any atom is -0.331 e. The van der Waals surface area contributed by atoms with Crippen LogP contribution in [-0.2, 0) is 6.42 Å². The van der Waals surface area contributed by atoms with E-state index in [2.05, 4.69) is 24.5 Å². The van der Waals surface area contributed by atoms with Crippen LogP contribution in [0, 0.1) is 0 Å². The second-order valence-corrected chi connectivity index (χ2v) is 4.98. The van der Waals surface area contributed by atoms with Gasteiger partial charge < -0.3 is 10.6 Å². The predicted molar refractivity (Wildman–Crippen MR) is 87.4 cm³/mol. The first-order valence-electron chi connectivity index (χ1n) is 7.45. The molecule has 2 N–H and O–H groups in total. The number of para-hydroxylation sites is 1. The molecule has 0 aliphatic rings. The summed E-state index contributed by atoms with van der Waals surface area (Å²) in [7, 11) is 0. The third-order valence-electron chi connectivity index (χ3n) is 3.56. The van der Waals surface area contributed by atoms with Crippen LogP contribution < -0.4 is 10.6 Å². The fourth-order valence-corrected chi connectivity index (χ4v) is 2.37. The first kappa shape index (κ1) is 15.1. The lowest BCUT2D eigenvalue weighted by Gasteiger charge is -2.18. The van der Waals surface area contributed by atoms with Crippen LogP contribution in [-0.4, -0.2) is 6.03 Å². The molecular weight excluding hydrogens is 260 g/mol. The Bertz CT molecular complexity index is 581. The van der Waals surface area contributed by atoms with Crippen molar-refractivity contribution in [2.24, 2.45) is 0 Å².